The number of hydrogen-bond acceptors (Lipinski definition) is 2. The lowest BCUT2D eigenvalue weighted by molar-refractivity contribution is 0.708. The highest BCUT2D eigenvalue weighted by Crippen LogP contribution is 1.30. The van der Waals surface area contributed by atoms with Crippen LogP contribution in [0.1, 0.15) is 14.9 Å². The van der Waals surface area contributed by atoms with Crippen LogP contribution >= 0.6 is 0 Å². The largest absolute Gasteiger partial charge is 0.308 e. The fourth-order valence-electron chi connectivity index (χ4n) is 0.177. The van der Waals surface area contributed by atoms with Crippen LogP contribution in [0.25, 0.3) is 0 Å². The summed E-state index contributed by atoms with van der Waals surface area (Å²) in [6.45, 7) is 0.889. The molecule has 2 heteroatoms. The zero-order chi connectivity index (χ0) is 4.12. The number of rotatable bonds is 2. The molecule has 0 aromatic heterocycles. The fraction of sp³-hybridized carbons (Fsp3) is 1.00. The van der Waals surface area contributed by atoms with E-state index in [0.717, 1.165) is 6.67 Å². The number of nitrogens with one attached hydrogen (secondary N) is 2. The van der Waals surface area contributed by atoms with Gasteiger partial charge >= 0.3 is 0 Å². The van der Waals surface area contributed by atoms with E-state index in [-0.39, 0.29) is 14.9 Å². The van der Waals surface area contributed by atoms with E-state index in [1.165, 1.54) is 0 Å². The van der Waals surface area contributed by atoms with Crippen LogP contribution in [0.4, 0.5) is 0 Å². The summed E-state index contributed by atoms with van der Waals surface area (Å²) in [6.07, 6.45) is 0. The average Bonchev–Trinajstić information content (AvgIpc) is 1.41. The van der Waals surface area contributed by atoms with Crippen molar-refractivity contribution in [1.29, 1.82) is 0 Å². The van der Waals surface area contributed by atoms with Crippen molar-refractivity contribution < 1.29 is 0 Å². The van der Waals surface area contributed by atoms with Crippen molar-refractivity contribution in [2.75, 3.05) is 20.8 Å². The molecule has 0 saturated heterocycles. The second-order valence-electron chi connectivity index (χ2n) is 0.884. The van der Waals surface area contributed by atoms with Crippen LogP contribution in [0.3, 0.4) is 0 Å². The standard InChI is InChI=1S/C3H10N2.2CH4/c1-4-3-5-2;;/h4-5H,3H2,1-2H3;2*1H4. The predicted molar refractivity (Wildman–Crippen MR) is 36.4 cm³/mol. The van der Waals surface area contributed by atoms with E-state index >= 15 is 0 Å². The van der Waals surface area contributed by atoms with E-state index in [2.05, 4.69) is 10.6 Å². The summed E-state index contributed by atoms with van der Waals surface area (Å²) in [7, 11) is 3.80. The molecule has 0 fully saturated rings. The average molecular weight is 106 g/mol. The highest BCUT2D eigenvalue weighted by molar-refractivity contribution is 4.22. The summed E-state index contributed by atoms with van der Waals surface area (Å²) >= 11 is 0. The van der Waals surface area contributed by atoms with Crippen LogP contribution in [0.2, 0.25) is 0 Å². The Morgan fingerprint density at radius 2 is 1.29 bits per heavy atom. The summed E-state index contributed by atoms with van der Waals surface area (Å²) in [4.78, 5) is 0. The van der Waals surface area contributed by atoms with Crippen molar-refractivity contribution in [3.05, 3.63) is 0 Å². The van der Waals surface area contributed by atoms with Crippen molar-refractivity contribution >= 4 is 0 Å². The van der Waals surface area contributed by atoms with Gasteiger partial charge in [-0.2, -0.15) is 0 Å². The minimum Gasteiger partial charge on any atom is -0.308 e. The zero-order valence-corrected chi connectivity index (χ0v) is 3.71. The highest BCUT2D eigenvalue weighted by atomic mass is 15.0. The lowest BCUT2D eigenvalue weighted by atomic mass is 11.0. The van der Waals surface area contributed by atoms with Crippen LogP contribution in [0.5, 0.6) is 0 Å². The molecular weight excluding hydrogens is 88.1 g/mol. The van der Waals surface area contributed by atoms with Gasteiger partial charge in [-0.15, -0.1) is 0 Å². The normalized spacial score (nSPS) is 6.00. The van der Waals surface area contributed by atoms with Gasteiger partial charge in [-0.1, -0.05) is 14.9 Å². The van der Waals surface area contributed by atoms with E-state index in [9.17, 15) is 0 Å². The molecule has 0 aromatic rings. The van der Waals surface area contributed by atoms with Crippen LogP contribution < -0.4 is 10.6 Å². The van der Waals surface area contributed by atoms with Gasteiger partial charge in [0, 0.05) is 6.67 Å². The first-order chi connectivity index (χ1) is 2.41. The third kappa shape index (κ3) is 24.7. The van der Waals surface area contributed by atoms with Crippen molar-refractivity contribution in [3.63, 3.8) is 0 Å². The molecule has 0 radical (unpaired) electrons. The van der Waals surface area contributed by atoms with E-state index in [4.69, 9.17) is 0 Å². The Balaban J connectivity index is -0.0000000800. The topological polar surface area (TPSA) is 24.1 Å². The van der Waals surface area contributed by atoms with E-state index in [1.807, 2.05) is 14.1 Å². The Morgan fingerprint density at radius 3 is 1.29 bits per heavy atom. The molecular formula is C5H18N2. The number of hydrogen-bond donors (Lipinski definition) is 2. The van der Waals surface area contributed by atoms with Crippen molar-refractivity contribution in [1.82, 2.24) is 10.6 Å². The Bertz CT molecular complexity index is 13.6. The predicted octanol–water partition coefficient (Wildman–Crippen LogP) is 0.655. The molecule has 0 amide bonds. The molecule has 0 rings (SSSR count). The Hall–Kier alpha value is -0.0800. The lowest BCUT2D eigenvalue weighted by Crippen LogP contribution is -2.21. The summed E-state index contributed by atoms with van der Waals surface area (Å²) in [6, 6.07) is 0. The Labute approximate surface area is 47.3 Å². The van der Waals surface area contributed by atoms with Crippen LogP contribution in [0, 0.1) is 0 Å². The molecule has 7 heavy (non-hydrogen) atoms. The lowest BCUT2D eigenvalue weighted by Gasteiger charge is -1.88. The SMILES string of the molecule is C.C.CNCNC. The maximum atomic E-state index is 2.91. The second kappa shape index (κ2) is 16.8. The van der Waals surface area contributed by atoms with Gasteiger partial charge in [-0.05, 0) is 14.1 Å². The van der Waals surface area contributed by atoms with Crippen LogP contribution in [0.15, 0.2) is 0 Å². The Kier molecular flexibility index (Phi) is 37.9. The van der Waals surface area contributed by atoms with Gasteiger partial charge in [-0.25, -0.2) is 0 Å². The molecule has 0 atom stereocenters. The van der Waals surface area contributed by atoms with Crippen molar-refractivity contribution in [2.45, 2.75) is 14.9 Å². The summed E-state index contributed by atoms with van der Waals surface area (Å²) in [5, 5.41) is 5.81. The van der Waals surface area contributed by atoms with E-state index in [0.29, 0.717) is 0 Å². The molecule has 2 nitrogen and oxygen atoms in total. The molecule has 0 aliphatic rings. The summed E-state index contributed by atoms with van der Waals surface area (Å²) < 4.78 is 0. The van der Waals surface area contributed by atoms with Crippen molar-refractivity contribution in [3.8, 4) is 0 Å². The van der Waals surface area contributed by atoms with Crippen LogP contribution in [-0.2, 0) is 0 Å². The first-order valence-corrected chi connectivity index (χ1v) is 1.71. The molecule has 0 spiro atoms. The monoisotopic (exact) mass is 106 g/mol. The molecule has 0 aromatic carbocycles. The van der Waals surface area contributed by atoms with Crippen molar-refractivity contribution in [2.24, 2.45) is 0 Å². The molecule has 0 aliphatic carbocycles. The third-order valence-electron chi connectivity index (χ3n) is 0.354. The van der Waals surface area contributed by atoms with Gasteiger partial charge in [0.2, 0.25) is 0 Å². The third-order valence-corrected chi connectivity index (χ3v) is 0.354. The molecule has 48 valence electrons. The first-order valence-electron chi connectivity index (χ1n) is 1.71. The molecule has 0 saturated carbocycles. The fourth-order valence-corrected chi connectivity index (χ4v) is 0.177. The maximum Gasteiger partial charge on any atom is 0.0449 e. The van der Waals surface area contributed by atoms with E-state index < -0.39 is 0 Å². The Morgan fingerprint density at radius 1 is 1.00 bits per heavy atom. The minimum atomic E-state index is 0. The van der Waals surface area contributed by atoms with Gasteiger partial charge in [0.15, 0.2) is 0 Å². The van der Waals surface area contributed by atoms with Gasteiger partial charge in [0.25, 0.3) is 0 Å². The second-order valence-corrected chi connectivity index (χ2v) is 0.884. The molecule has 2 N–H and O–H groups in total. The maximum absolute atomic E-state index is 2.91. The zero-order valence-electron chi connectivity index (χ0n) is 3.71. The smallest absolute Gasteiger partial charge is 0.0449 e. The van der Waals surface area contributed by atoms with Gasteiger partial charge in [0.1, 0.15) is 0 Å². The summed E-state index contributed by atoms with van der Waals surface area (Å²) in [5.74, 6) is 0. The molecule has 0 bridgehead atoms. The van der Waals surface area contributed by atoms with Gasteiger partial charge in [-0.3, -0.25) is 0 Å². The highest BCUT2D eigenvalue weighted by Gasteiger charge is 1.60. The summed E-state index contributed by atoms with van der Waals surface area (Å²) in [5.41, 5.74) is 0. The molecule has 0 unspecified atom stereocenters. The van der Waals surface area contributed by atoms with Gasteiger partial charge in [0.05, 0.1) is 0 Å². The molecule has 0 heterocycles. The quantitative estimate of drug-likeness (QED) is 0.505. The van der Waals surface area contributed by atoms with E-state index in [1.54, 1.807) is 0 Å². The first kappa shape index (κ1) is 15.8. The minimum absolute atomic E-state index is 0. The van der Waals surface area contributed by atoms with Crippen LogP contribution in [-0.4, -0.2) is 20.8 Å². The molecule has 0 aliphatic heterocycles. The van der Waals surface area contributed by atoms with Gasteiger partial charge < -0.3 is 10.6 Å².